The molecule has 0 aromatic heterocycles. The standard InChI is InChI=1S/C2H4O4.Mg.2H/c1-2(3)5-6-4;;;/h4H,1H3;;;. The first-order chi connectivity index (χ1) is 2.77. The Kier molecular flexibility index (Phi) is 8.97. The summed E-state index contributed by atoms with van der Waals surface area (Å²) >= 11 is 0. The van der Waals surface area contributed by atoms with Gasteiger partial charge in [-0.05, 0) is 5.04 Å². The van der Waals surface area contributed by atoms with Crippen molar-refractivity contribution < 1.29 is 20.0 Å². The summed E-state index contributed by atoms with van der Waals surface area (Å²) in [5, 5.41) is 10.2. The van der Waals surface area contributed by atoms with E-state index < -0.39 is 5.97 Å². The lowest BCUT2D eigenvalue weighted by Crippen LogP contribution is -1.95. The van der Waals surface area contributed by atoms with E-state index in [0.717, 1.165) is 6.92 Å². The number of carbonyl (C=O) groups excluding carboxylic acids is 1. The van der Waals surface area contributed by atoms with Gasteiger partial charge in [0.15, 0.2) is 0 Å². The largest absolute Gasteiger partial charge is 0.342 e. The summed E-state index contributed by atoms with van der Waals surface area (Å²) in [6, 6.07) is 0. The van der Waals surface area contributed by atoms with Gasteiger partial charge in [-0.3, -0.25) is 4.89 Å². The lowest BCUT2D eigenvalue weighted by molar-refractivity contribution is -0.461. The van der Waals surface area contributed by atoms with E-state index in [-0.39, 0.29) is 23.1 Å². The average molecular weight is 118 g/mol. The molecule has 0 saturated carbocycles. The second-order valence-electron chi connectivity index (χ2n) is 0.649. The molecule has 0 saturated heterocycles. The van der Waals surface area contributed by atoms with Crippen molar-refractivity contribution in [2.45, 2.75) is 6.92 Å². The van der Waals surface area contributed by atoms with Crippen LogP contribution in [0.1, 0.15) is 6.92 Å². The van der Waals surface area contributed by atoms with E-state index in [9.17, 15) is 4.79 Å². The number of rotatable bonds is 1. The molecule has 40 valence electrons. The molecule has 0 atom stereocenters. The zero-order chi connectivity index (χ0) is 4.99. The molecule has 7 heavy (non-hydrogen) atoms. The molecule has 0 aliphatic rings. The zero-order valence-corrected chi connectivity index (χ0v) is 3.17. The molecule has 0 aromatic rings. The molecule has 4 nitrogen and oxygen atoms in total. The number of hydrogen-bond acceptors (Lipinski definition) is 4. The second kappa shape index (κ2) is 6.16. The fraction of sp³-hybridized carbons (Fsp3) is 0.500. The third-order valence-electron chi connectivity index (χ3n) is 0.155. The lowest BCUT2D eigenvalue weighted by atomic mass is 10.9. The molecule has 0 aliphatic heterocycles. The maximum Gasteiger partial charge on any atom is 0.342 e. The minimum atomic E-state index is -0.683. The molecular formula is C2H6MgO4. The van der Waals surface area contributed by atoms with Crippen molar-refractivity contribution in [3.8, 4) is 0 Å². The maximum atomic E-state index is 9.54. The van der Waals surface area contributed by atoms with Gasteiger partial charge in [0.25, 0.3) is 0 Å². The zero-order valence-electron chi connectivity index (χ0n) is 3.17. The van der Waals surface area contributed by atoms with Gasteiger partial charge in [-0.1, -0.05) is 0 Å². The van der Waals surface area contributed by atoms with Gasteiger partial charge in [0.05, 0.1) is 0 Å². The molecular weight excluding hydrogens is 112 g/mol. The average Bonchev–Trinajstić information content (AvgIpc) is 1.35. The fourth-order valence-electron chi connectivity index (χ4n) is 0.0525. The summed E-state index contributed by atoms with van der Waals surface area (Å²) in [7, 11) is 0. The Morgan fingerprint density at radius 1 is 1.71 bits per heavy atom. The Labute approximate surface area is 56.4 Å². The number of carbonyl (C=O) groups is 1. The molecule has 0 bridgehead atoms. The summed E-state index contributed by atoms with van der Waals surface area (Å²) < 4.78 is 0. The predicted octanol–water partition coefficient (Wildman–Crippen LogP) is -0.962. The van der Waals surface area contributed by atoms with E-state index in [1.807, 2.05) is 0 Å². The van der Waals surface area contributed by atoms with Crippen LogP contribution in [-0.2, 0) is 14.7 Å². The summed E-state index contributed by atoms with van der Waals surface area (Å²) in [5.74, 6) is -0.683. The minimum Gasteiger partial charge on any atom is -0.269 e. The van der Waals surface area contributed by atoms with Crippen LogP contribution in [0.5, 0.6) is 0 Å². The van der Waals surface area contributed by atoms with Gasteiger partial charge in [0.1, 0.15) is 0 Å². The molecule has 0 spiro atoms. The third kappa shape index (κ3) is 10.7. The van der Waals surface area contributed by atoms with Crippen LogP contribution in [0.3, 0.4) is 0 Å². The Morgan fingerprint density at radius 3 is 2.14 bits per heavy atom. The van der Waals surface area contributed by atoms with Gasteiger partial charge in [-0.25, -0.2) is 10.1 Å². The number of hydrogen-bond donors (Lipinski definition) is 1. The first-order valence-electron chi connectivity index (χ1n) is 1.26. The second-order valence-corrected chi connectivity index (χ2v) is 0.649. The maximum absolute atomic E-state index is 9.54. The molecule has 0 heterocycles. The van der Waals surface area contributed by atoms with Crippen LogP contribution in [0.4, 0.5) is 0 Å². The summed E-state index contributed by atoms with van der Waals surface area (Å²) in [6.07, 6.45) is 0. The molecule has 0 amide bonds. The van der Waals surface area contributed by atoms with Crippen LogP contribution in [0.2, 0.25) is 0 Å². The van der Waals surface area contributed by atoms with Crippen molar-refractivity contribution in [2.75, 3.05) is 0 Å². The van der Waals surface area contributed by atoms with E-state index in [0.29, 0.717) is 0 Å². The van der Waals surface area contributed by atoms with Crippen LogP contribution in [0.25, 0.3) is 0 Å². The Morgan fingerprint density at radius 2 is 2.14 bits per heavy atom. The van der Waals surface area contributed by atoms with E-state index >= 15 is 0 Å². The van der Waals surface area contributed by atoms with Crippen LogP contribution in [0.15, 0.2) is 0 Å². The summed E-state index contributed by atoms with van der Waals surface area (Å²) in [4.78, 5) is 13.0. The molecule has 0 fully saturated rings. The molecule has 0 aliphatic carbocycles. The highest BCUT2D eigenvalue weighted by atomic mass is 24.3. The van der Waals surface area contributed by atoms with Crippen molar-refractivity contribution in [3.63, 3.8) is 0 Å². The summed E-state index contributed by atoms with van der Waals surface area (Å²) in [5.41, 5.74) is 0. The van der Waals surface area contributed by atoms with Crippen molar-refractivity contribution >= 4 is 29.0 Å². The van der Waals surface area contributed by atoms with Crippen molar-refractivity contribution in [1.82, 2.24) is 0 Å². The molecule has 0 unspecified atom stereocenters. The highest BCUT2D eigenvalue weighted by molar-refractivity contribution is 5.75. The van der Waals surface area contributed by atoms with Gasteiger partial charge in [0.2, 0.25) is 0 Å². The monoisotopic (exact) mass is 118 g/mol. The topological polar surface area (TPSA) is 55.8 Å². The van der Waals surface area contributed by atoms with Gasteiger partial charge in [-0.15, -0.1) is 0 Å². The first-order valence-corrected chi connectivity index (χ1v) is 1.26. The SMILES string of the molecule is CC(=O)OOO.[MgH2]. The van der Waals surface area contributed by atoms with Crippen LogP contribution in [-0.4, -0.2) is 34.3 Å². The molecule has 0 aromatic carbocycles. The van der Waals surface area contributed by atoms with E-state index in [1.165, 1.54) is 0 Å². The fourth-order valence-corrected chi connectivity index (χ4v) is 0.0525. The Balaban J connectivity index is 0. The third-order valence-corrected chi connectivity index (χ3v) is 0.155. The van der Waals surface area contributed by atoms with Crippen LogP contribution >= 0.6 is 0 Å². The highest BCUT2D eigenvalue weighted by Crippen LogP contribution is 1.69. The molecule has 0 radical (unpaired) electrons. The molecule has 5 heteroatoms. The Hall–Kier alpha value is 0.156. The van der Waals surface area contributed by atoms with E-state index in [4.69, 9.17) is 5.26 Å². The Bertz CT molecular complexity index is 53.7. The van der Waals surface area contributed by atoms with Gasteiger partial charge >= 0.3 is 29.0 Å². The van der Waals surface area contributed by atoms with Crippen molar-refractivity contribution in [3.05, 3.63) is 0 Å². The van der Waals surface area contributed by atoms with Crippen molar-refractivity contribution in [2.24, 2.45) is 0 Å². The quantitative estimate of drug-likeness (QED) is 0.274. The van der Waals surface area contributed by atoms with Gasteiger partial charge in [-0.2, -0.15) is 0 Å². The smallest absolute Gasteiger partial charge is 0.269 e. The minimum absolute atomic E-state index is 0. The first kappa shape index (κ1) is 10.2. The van der Waals surface area contributed by atoms with Gasteiger partial charge in [0, 0.05) is 6.92 Å². The van der Waals surface area contributed by atoms with E-state index in [2.05, 4.69) is 9.93 Å². The molecule has 0 rings (SSSR count). The highest BCUT2D eigenvalue weighted by Gasteiger charge is 1.85. The summed E-state index contributed by atoms with van der Waals surface area (Å²) in [6.45, 7) is 1.11. The van der Waals surface area contributed by atoms with Crippen LogP contribution < -0.4 is 0 Å². The molecule has 1 N–H and O–H groups in total. The van der Waals surface area contributed by atoms with Gasteiger partial charge < -0.3 is 0 Å². The van der Waals surface area contributed by atoms with Crippen LogP contribution in [0, 0.1) is 0 Å². The van der Waals surface area contributed by atoms with E-state index in [1.54, 1.807) is 0 Å². The van der Waals surface area contributed by atoms with Crippen molar-refractivity contribution in [1.29, 1.82) is 0 Å². The normalized spacial score (nSPS) is 6.57. The predicted molar refractivity (Wildman–Crippen MR) is 24.0 cm³/mol. The lowest BCUT2D eigenvalue weighted by Gasteiger charge is -1.84.